The second-order valence-electron chi connectivity index (χ2n) is 17.7. The lowest BCUT2D eigenvalue weighted by atomic mass is 9.61. The minimum absolute atomic E-state index is 0.0488. The molecule has 68 heavy (non-hydrogen) atoms. The highest BCUT2D eigenvalue weighted by molar-refractivity contribution is 8.00. The van der Waals surface area contributed by atoms with Crippen LogP contribution in [0.15, 0.2) is 228 Å². The predicted octanol–water partition coefficient (Wildman–Crippen LogP) is 14.1. The van der Waals surface area contributed by atoms with Crippen LogP contribution in [0.2, 0.25) is 0 Å². The van der Waals surface area contributed by atoms with Gasteiger partial charge >= 0.3 is 0 Å². The quantitative estimate of drug-likeness (QED) is 0.159. The van der Waals surface area contributed by atoms with Crippen molar-refractivity contribution in [3.63, 3.8) is 0 Å². The first-order chi connectivity index (χ1) is 33.7. The van der Waals surface area contributed by atoms with E-state index >= 15 is 0 Å². The number of allylic oxidation sites excluding steroid dienone is 4. The molecule has 5 heterocycles. The van der Waals surface area contributed by atoms with Crippen LogP contribution < -0.4 is 0 Å². The Morgan fingerprint density at radius 3 is 1.76 bits per heavy atom. The van der Waals surface area contributed by atoms with Gasteiger partial charge in [-0.05, 0) is 92.9 Å². The van der Waals surface area contributed by atoms with E-state index in [4.69, 9.17) is 29.9 Å². The summed E-state index contributed by atoms with van der Waals surface area (Å²) in [6, 6.07) is 64.6. The molecule has 0 bridgehead atoms. The molecule has 6 nitrogen and oxygen atoms in total. The van der Waals surface area contributed by atoms with Gasteiger partial charge in [-0.3, -0.25) is 9.98 Å². The summed E-state index contributed by atoms with van der Waals surface area (Å²) in [5.74, 6) is 2.11. The van der Waals surface area contributed by atoms with E-state index < -0.39 is 5.41 Å². The Bertz CT molecular complexity index is 3420. The van der Waals surface area contributed by atoms with Gasteiger partial charge in [0.05, 0.1) is 28.5 Å². The second kappa shape index (κ2) is 16.6. The van der Waals surface area contributed by atoms with Gasteiger partial charge in [0.15, 0.2) is 17.5 Å². The van der Waals surface area contributed by atoms with Gasteiger partial charge in [0.25, 0.3) is 0 Å². The largest absolute Gasteiger partial charge is 0.283 e. The average Bonchev–Trinajstić information content (AvgIpc) is 3.71. The highest BCUT2D eigenvalue weighted by Crippen LogP contribution is 2.64. The fourth-order valence-electron chi connectivity index (χ4n) is 10.7. The Hall–Kier alpha value is -8.13. The SMILES string of the molecule is C1=CCC(c2cc(-c3ccc4c(c3)SC3C=C(c5ccc(-c6nc(-c7ccccc7)nc(-c7ccccc7)n6)cc5)C=CC3C43c4ccccc4-c4ccccc43)cc(-c3ccccn3)n2)N=C1. The highest BCUT2D eigenvalue weighted by atomic mass is 32.2. The number of aromatic nitrogens is 5. The van der Waals surface area contributed by atoms with Crippen molar-refractivity contribution in [2.75, 3.05) is 0 Å². The number of benzene rings is 6. The van der Waals surface area contributed by atoms with E-state index in [-0.39, 0.29) is 17.2 Å². The Balaban J connectivity index is 0.917. The van der Waals surface area contributed by atoms with Gasteiger partial charge in [-0.15, -0.1) is 11.8 Å². The van der Waals surface area contributed by atoms with E-state index in [9.17, 15) is 0 Å². The summed E-state index contributed by atoms with van der Waals surface area (Å²) >= 11 is 1.97. The molecule has 13 rings (SSSR count). The van der Waals surface area contributed by atoms with E-state index in [1.165, 1.54) is 38.3 Å². The van der Waals surface area contributed by atoms with E-state index in [1.54, 1.807) is 0 Å². The molecule has 0 radical (unpaired) electrons. The fraction of sp³-hybridized carbons (Fsp3) is 0.0820. The number of hydrogen-bond acceptors (Lipinski definition) is 7. The van der Waals surface area contributed by atoms with Crippen molar-refractivity contribution < 1.29 is 0 Å². The third-order valence-electron chi connectivity index (χ3n) is 13.8. The maximum absolute atomic E-state index is 5.15. The van der Waals surface area contributed by atoms with Crippen LogP contribution in [0.3, 0.4) is 0 Å². The number of aliphatic imine (C=N–C) groups is 1. The minimum Gasteiger partial charge on any atom is -0.283 e. The summed E-state index contributed by atoms with van der Waals surface area (Å²) in [6.45, 7) is 0. The van der Waals surface area contributed by atoms with Crippen molar-refractivity contribution in [3.8, 4) is 67.8 Å². The van der Waals surface area contributed by atoms with Crippen LogP contribution in [0.25, 0.3) is 73.4 Å². The summed E-state index contributed by atoms with van der Waals surface area (Å²) in [4.78, 5) is 30.9. The Labute approximate surface area is 399 Å². The van der Waals surface area contributed by atoms with Crippen molar-refractivity contribution in [1.29, 1.82) is 0 Å². The molecule has 9 aromatic rings. The smallest absolute Gasteiger partial charge is 0.164 e. The van der Waals surface area contributed by atoms with Crippen molar-refractivity contribution in [3.05, 3.63) is 247 Å². The van der Waals surface area contributed by atoms with Crippen LogP contribution in [0.4, 0.5) is 0 Å². The summed E-state index contributed by atoms with van der Waals surface area (Å²) in [5, 5.41) is 0.141. The van der Waals surface area contributed by atoms with E-state index in [1.807, 2.05) is 109 Å². The first-order valence-corrected chi connectivity index (χ1v) is 24.1. The predicted molar refractivity (Wildman–Crippen MR) is 276 cm³/mol. The van der Waals surface area contributed by atoms with Gasteiger partial charge in [0, 0.05) is 45.2 Å². The molecule has 0 N–H and O–H groups in total. The van der Waals surface area contributed by atoms with Crippen LogP contribution >= 0.6 is 11.8 Å². The molecule has 4 aliphatic rings. The van der Waals surface area contributed by atoms with Gasteiger partial charge in [0.2, 0.25) is 0 Å². The first kappa shape index (κ1) is 40.2. The van der Waals surface area contributed by atoms with Crippen molar-refractivity contribution in [2.24, 2.45) is 10.9 Å². The van der Waals surface area contributed by atoms with Crippen molar-refractivity contribution >= 4 is 23.5 Å². The van der Waals surface area contributed by atoms with Crippen LogP contribution in [-0.4, -0.2) is 36.4 Å². The summed E-state index contributed by atoms with van der Waals surface area (Å²) in [5.41, 5.74) is 16.4. The van der Waals surface area contributed by atoms with Gasteiger partial charge in [-0.2, -0.15) is 0 Å². The highest BCUT2D eigenvalue weighted by Gasteiger charge is 2.55. The maximum atomic E-state index is 5.15. The summed E-state index contributed by atoms with van der Waals surface area (Å²) in [7, 11) is 0. The standard InChI is InChI=1S/C61H42N6S/c1-3-15-40(16-4-1)58-65-59(41-17-5-2-6-18-41)67-60(66-58)42-27-25-39(26-28-42)43-29-31-50-56(37-43)68-57-38-44(30-32-51(57)61(50)48-21-9-7-19-46(48)47-20-8-10-22-49(47)61)45-35-54(52-23-11-13-33-62-52)64-55(36-45)53-24-12-14-34-63-53/h1-23,25-38,50,53,56H,24H2. The molecule has 3 atom stereocenters. The van der Waals surface area contributed by atoms with Crippen LogP contribution in [0.1, 0.15) is 40.4 Å². The monoisotopic (exact) mass is 890 g/mol. The number of thioether (sulfide) groups is 1. The van der Waals surface area contributed by atoms with Crippen molar-refractivity contribution in [2.45, 2.75) is 28.0 Å². The summed E-state index contributed by atoms with van der Waals surface area (Å²) < 4.78 is 0. The third-order valence-corrected chi connectivity index (χ3v) is 15.1. The molecule has 0 amide bonds. The number of nitrogens with zero attached hydrogens (tertiary/aromatic N) is 6. The lowest BCUT2D eigenvalue weighted by Crippen LogP contribution is -2.44. The third kappa shape index (κ3) is 6.80. The number of fused-ring (bicyclic) bond motifs is 9. The Kier molecular flexibility index (Phi) is 9.83. The molecular weight excluding hydrogens is 849 g/mol. The lowest BCUT2D eigenvalue weighted by molar-refractivity contribution is 0.450. The lowest BCUT2D eigenvalue weighted by Gasteiger charge is -2.48. The minimum atomic E-state index is -0.392. The van der Waals surface area contributed by atoms with Gasteiger partial charge in [0.1, 0.15) is 0 Å². The second-order valence-corrected chi connectivity index (χ2v) is 18.9. The number of pyridine rings is 2. The van der Waals surface area contributed by atoms with E-state index in [0.717, 1.165) is 56.9 Å². The van der Waals surface area contributed by atoms with Crippen LogP contribution in [-0.2, 0) is 5.41 Å². The van der Waals surface area contributed by atoms with Crippen LogP contribution in [0.5, 0.6) is 0 Å². The molecule has 0 fully saturated rings. The molecule has 7 heteroatoms. The molecule has 2 aliphatic carbocycles. The van der Waals surface area contributed by atoms with E-state index in [0.29, 0.717) is 17.5 Å². The molecule has 6 aromatic carbocycles. The zero-order chi connectivity index (χ0) is 45.0. The van der Waals surface area contributed by atoms with Crippen molar-refractivity contribution in [1.82, 2.24) is 24.9 Å². The molecule has 1 spiro atoms. The van der Waals surface area contributed by atoms with Crippen LogP contribution in [0, 0.1) is 5.92 Å². The van der Waals surface area contributed by atoms with E-state index in [2.05, 4.69) is 127 Å². The zero-order valence-corrected chi connectivity index (χ0v) is 37.7. The Morgan fingerprint density at radius 2 is 1.12 bits per heavy atom. The number of dihydropyridines is 1. The normalized spacial score (nSPS) is 18.1. The molecule has 2 aliphatic heterocycles. The van der Waals surface area contributed by atoms with Gasteiger partial charge < -0.3 is 0 Å². The fourth-order valence-corrected chi connectivity index (χ4v) is 12.2. The van der Waals surface area contributed by atoms with Gasteiger partial charge in [-0.1, -0.05) is 176 Å². The average molecular weight is 891 g/mol. The zero-order valence-electron chi connectivity index (χ0n) is 36.9. The number of rotatable bonds is 7. The molecular formula is C61H42N6S. The molecule has 0 saturated carbocycles. The first-order valence-electron chi connectivity index (χ1n) is 23.2. The molecule has 0 saturated heterocycles. The van der Waals surface area contributed by atoms with Gasteiger partial charge in [-0.25, -0.2) is 19.9 Å². The molecule has 322 valence electrons. The number of hydrogen-bond donors (Lipinski definition) is 0. The topological polar surface area (TPSA) is 76.8 Å². The molecule has 3 aromatic heterocycles. The molecule has 3 unspecified atom stereocenters. The maximum Gasteiger partial charge on any atom is 0.164 e. The summed E-state index contributed by atoms with van der Waals surface area (Å²) in [6.07, 6.45) is 16.1. The Morgan fingerprint density at radius 1 is 0.500 bits per heavy atom.